The number of anilines is 2. The number of methoxy groups -OCH3 is 4. The molecule has 2 aromatic carbocycles. The van der Waals surface area contributed by atoms with Crippen LogP contribution in [0.3, 0.4) is 0 Å². The molecule has 0 aromatic heterocycles. The van der Waals surface area contributed by atoms with Crippen LogP contribution in [0.15, 0.2) is 24.3 Å². The fraction of sp³-hybridized carbons (Fsp3) is 0.368. The van der Waals surface area contributed by atoms with Gasteiger partial charge in [0.15, 0.2) is 23.0 Å². The zero-order chi connectivity index (χ0) is 17.6. The molecule has 132 valence electrons. The van der Waals surface area contributed by atoms with Gasteiger partial charge in [0.1, 0.15) is 0 Å². The maximum Gasteiger partial charge on any atom is 0.162 e. The second-order valence-electron chi connectivity index (χ2n) is 6.21. The molecule has 2 heterocycles. The molecule has 2 aliphatic rings. The SMILES string of the molecule is COc1cc2c(cc1OC)N1Cc3cc(OC)c(OC)cc3N(C2)C1. The zero-order valence-electron chi connectivity index (χ0n) is 15.0. The molecule has 0 atom stereocenters. The van der Waals surface area contributed by atoms with E-state index in [-0.39, 0.29) is 0 Å². The number of fused-ring (bicyclic) bond motifs is 6. The summed E-state index contributed by atoms with van der Waals surface area (Å²) >= 11 is 0. The monoisotopic (exact) mass is 342 g/mol. The second-order valence-corrected chi connectivity index (χ2v) is 6.21. The fourth-order valence-corrected chi connectivity index (χ4v) is 3.70. The van der Waals surface area contributed by atoms with Gasteiger partial charge in [-0.1, -0.05) is 0 Å². The molecule has 0 unspecified atom stereocenters. The van der Waals surface area contributed by atoms with Gasteiger partial charge in [-0.15, -0.1) is 0 Å². The molecule has 6 heteroatoms. The van der Waals surface area contributed by atoms with E-state index in [1.54, 1.807) is 28.4 Å². The highest BCUT2D eigenvalue weighted by atomic mass is 16.5. The summed E-state index contributed by atoms with van der Waals surface area (Å²) in [6.07, 6.45) is 0. The molecule has 0 spiro atoms. The van der Waals surface area contributed by atoms with E-state index >= 15 is 0 Å². The average molecular weight is 342 g/mol. The minimum atomic E-state index is 0.757. The van der Waals surface area contributed by atoms with Crippen LogP contribution >= 0.6 is 0 Å². The van der Waals surface area contributed by atoms with Gasteiger partial charge in [0.05, 0.1) is 35.1 Å². The molecule has 4 rings (SSSR count). The molecule has 2 aliphatic heterocycles. The lowest BCUT2D eigenvalue weighted by Crippen LogP contribution is -2.46. The Kier molecular flexibility index (Phi) is 3.75. The van der Waals surface area contributed by atoms with Crippen molar-refractivity contribution in [3.63, 3.8) is 0 Å². The predicted octanol–water partition coefficient (Wildman–Crippen LogP) is 3.02. The minimum Gasteiger partial charge on any atom is -0.493 e. The van der Waals surface area contributed by atoms with Crippen LogP contribution in [0.5, 0.6) is 23.0 Å². The van der Waals surface area contributed by atoms with Gasteiger partial charge < -0.3 is 28.7 Å². The van der Waals surface area contributed by atoms with E-state index < -0.39 is 0 Å². The van der Waals surface area contributed by atoms with Gasteiger partial charge >= 0.3 is 0 Å². The van der Waals surface area contributed by atoms with Crippen molar-refractivity contribution in [3.05, 3.63) is 35.4 Å². The lowest BCUT2D eigenvalue weighted by molar-refractivity contribution is 0.353. The number of hydrogen-bond donors (Lipinski definition) is 0. The van der Waals surface area contributed by atoms with Gasteiger partial charge in [0, 0.05) is 36.6 Å². The van der Waals surface area contributed by atoms with Crippen molar-refractivity contribution in [2.75, 3.05) is 44.9 Å². The van der Waals surface area contributed by atoms with E-state index in [0.717, 1.165) is 42.8 Å². The molecule has 0 amide bonds. The maximum atomic E-state index is 5.47. The van der Waals surface area contributed by atoms with Crippen LogP contribution in [0.1, 0.15) is 11.1 Å². The normalized spacial score (nSPS) is 14.6. The highest BCUT2D eigenvalue weighted by molar-refractivity contribution is 5.72. The third-order valence-corrected chi connectivity index (χ3v) is 4.91. The molecule has 0 saturated heterocycles. The summed E-state index contributed by atoms with van der Waals surface area (Å²) in [7, 11) is 6.67. The van der Waals surface area contributed by atoms with Gasteiger partial charge in [-0.05, 0) is 23.3 Å². The van der Waals surface area contributed by atoms with Crippen molar-refractivity contribution >= 4 is 11.4 Å². The Balaban J connectivity index is 1.79. The molecule has 0 saturated carbocycles. The smallest absolute Gasteiger partial charge is 0.162 e. The molecule has 2 bridgehead atoms. The summed E-state index contributed by atoms with van der Waals surface area (Å²) in [6, 6.07) is 8.27. The van der Waals surface area contributed by atoms with E-state index in [2.05, 4.69) is 34.1 Å². The van der Waals surface area contributed by atoms with Gasteiger partial charge in [-0.25, -0.2) is 0 Å². The number of rotatable bonds is 4. The Morgan fingerprint density at radius 1 is 0.600 bits per heavy atom. The van der Waals surface area contributed by atoms with E-state index in [1.807, 2.05) is 0 Å². The first-order valence-electron chi connectivity index (χ1n) is 8.18. The zero-order valence-corrected chi connectivity index (χ0v) is 15.0. The van der Waals surface area contributed by atoms with E-state index in [4.69, 9.17) is 18.9 Å². The van der Waals surface area contributed by atoms with Crippen LogP contribution in [0.25, 0.3) is 0 Å². The molecule has 0 N–H and O–H groups in total. The number of nitrogens with zero attached hydrogens (tertiary/aromatic N) is 2. The first kappa shape index (κ1) is 15.7. The molecule has 0 fully saturated rings. The van der Waals surface area contributed by atoms with Crippen LogP contribution < -0.4 is 28.7 Å². The second kappa shape index (κ2) is 5.95. The van der Waals surface area contributed by atoms with Gasteiger partial charge in [-0.2, -0.15) is 0 Å². The van der Waals surface area contributed by atoms with Crippen LogP contribution in [0, 0.1) is 0 Å². The van der Waals surface area contributed by atoms with Crippen LogP contribution in [0.4, 0.5) is 11.4 Å². The fourth-order valence-electron chi connectivity index (χ4n) is 3.70. The molecule has 0 aliphatic carbocycles. The van der Waals surface area contributed by atoms with Crippen LogP contribution in [0.2, 0.25) is 0 Å². The molecular weight excluding hydrogens is 320 g/mol. The predicted molar refractivity (Wildman–Crippen MR) is 96.3 cm³/mol. The van der Waals surface area contributed by atoms with Crippen molar-refractivity contribution in [2.45, 2.75) is 13.1 Å². The van der Waals surface area contributed by atoms with Gasteiger partial charge in [-0.3, -0.25) is 0 Å². The van der Waals surface area contributed by atoms with Gasteiger partial charge in [0.2, 0.25) is 0 Å². The lowest BCUT2D eigenvalue weighted by atomic mass is 10.0. The molecule has 2 aromatic rings. The molecule has 0 radical (unpaired) electrons. The highest BCUT2D eigenvalue weighted by Gasteiger charge is 2.31. The van der Waals surface area contributed by atoms with E-state index in [1.165, 1.54) is 22.5 Å². The summed E-state index contributed by atoms with van der Waals surface area (Å²) in [5, 5.41) is 0. The first-order chi connectivity index (χ1) is 12.2. The molecular formula is C19H22N2O4. The minimum absolute atomic E-state index is 0.757. The van der Waals surface area contributed by atoms with E-state index in [9.17, 15) is 0 Å². The topological polar surface area (TPSA) is 43.4 Å². The summed E-state index contributed by atoms with van der Waals surface area (Å²) in [5.41, 5.74) is 4.83. The number of benzene rings is 2. The summed E-state index contributed by atoms with van der Waals surface area (Å²) in [4.78, 5) is 4.68. The summed E-state index contributed by atoms with van der Waals surface area (Å²) in [6.45, 7) is 2.47. The Morgan fingerprint density at radius 3 is 1.32 bits per heavy atom. The Bertz CT molecular complexity index is 754. The quantitative estimate of drug-likeness (QED) is 0.851. The Morgan fingerprint density at radius 2 is 0.960 bits per heavy atom. The highest BCUT2D eigenvalue weighted by Crippen LogP contribution is 2.45. The number of ether oxygens (including phenoxy) is 4. The Hall–Kier alpha value is -2.76. The van der Waals surface area contributed by atoms with Crippen molar-refractivity contribution in [3.8, 4) is 23.0 Å². The molecule has 6 nitrogen and oxygen atoms in total. The van der Waals surface area contributed by atoms with E-state index in [0.29, 0.717) is 0 Å². The summed E-state index contributed by atoms with van der Waals surface area (Å²) in [5.74, 6) is 3.04. The lowest BCUT2D eigenvalue weighted by Gasteiger charge is -2.45. The van der Waals surface area contributed by atoms with Gasteiger partial charge in [0.25, 0.3) is 0 Å². The van der Waals surface area contributed by atoms with Crippen molar-refractivity contribution < 1.29 is 18.9 Å². The van der Waals surface area contributed by atoms with Crippen LogP contribution in [-0.4, -0.2) is 35.1 Å². The first-order valence-corrected chi connectivity index (χ1v) is 8.18. The third-order valence-electron chi connectivity index (χ3n) is 4.91. The van der Waals surface area contributed by atoms with Crippen molar-refractivity contribution in [2.24, 2.45) is 0 Å². The largest absolute Gasteiger partial charge is 0.493 e. The number of hydrogen-bond acceptors (Lipinski definition) is 6. The van der Waals surface area contributed by atoms with Crippen LogP contribution in [-0.2, 0) is 13.1 Å². The average Bonchev–Trinajstić information content (AvgIpc) is 2.66. The maximum absolute atomic E-state index is 5.47. The standard InChI is InChI=1S/C19H22N2O4/c1-22-16-5-12-9-20-11-21(14(12)7-18(16)24-3)10-13-6-17(23-2)19(25-4)8-15(13)20/h5-8H,9-11H2,1-4H3. The third kappa shape index (κ3) is 2.40. The summed E-state index contributed by atoms with van der Waals surface area (Å²) < 4.78 is 21.9. The van der Waals surface area contributed by atoms with Crippen molar-refractivity contribution in [1.29, 1.82) is 0 Å². The molecule has 25 heavy (non-hydrogen) atoms. The van der Waals surface area contributed by atoms with Crippen molar-refractivity contribution in [1.82, 2.24) is 0 Å². The Labute approximate surface area is 147 Å².